The van der Waals surface area contributed by atoms with Crippen molar-refractivity contribution in [2.75, 3.05) is 71.5 Å². The summed E-state index contributed by atoms with van der Waals surface area (Å²) in [5.41, 5.74) is 1.88. The van der Waals surface area contributed by atoms with Crippen LogP contribution in [0.15, 0.2) is 42.5 Å². The van der Waals surface area contributed by atoms with E-state index in [0.717, 1.165) is 60.8 Å². The predicted molar refractivity (Wildman–Crippen MR) is 132 cm³/mol. The maximum atomic E-state index is 5.59. The molecule has 2 aliphatic rings. The van der Waals surface area contributed by atoms with Gasteiger partial charge >= 0.3 is 0 Å². The topological polar surface area (TPSA) is 54.0 Å². The van der Waals surface area contributed by atoms with Crippen molar-refractivity contribution in [1.29, 1.82) is 0 Å². The first-order chi connectivity index (χ1) is 16.2. The molecule has 0 aliphatic carbocycles. The van der Waals surface area contributed by atoms with Crippen molar-refractivity contribution in [2.45, 2.75) is 12.8 Å². The molecule has 2 aromatic carbocycles. The van der Waals surface area contributed by atoms with Crippen LogP contribution in [0.3, 0.4) is 0 Å². The molecule has 1 aromatic heterocycles. The number of methoxy groups -OCH3 is 2. The van der Waals surface area contributed by atoms with Crippen LogP contribution in [0.5, 0.6) is 11.5 Å². The van der Waals surface area contributed by atoms with Crippen molar-refractivity contribution < 1.29 is 9.47 Å². The summed E-state index contributed by atoms with van der Waals surface area (Å²) in [6, 6.07) is 14.1. The summed E-state index contributed by atoms with van der Waals surface area (Å²) in [4.78, 5) is 17.5. The van der Waals surface area contributed by atoms with Crippen molar-refractivity contribution in [3.63, 3.8) is 0 Å². The fraction of sp³-hybridized carbons (Fsp3) is 0.462. The van der Waals surface area contributed by atoms with Crippen LogP contribution in [0, 0.1) is 0 Å². The van der Waals surface area contributed by atoms with Gasteiger partial charge in [-0.05, 0) is 32.0 Å². The molecule has 5 rings (SSSR count). The zero-order valence-corrected chi connectivity index (χ0v) is 19.7. The zero-order chi connectivity index (χ0) is 22.6. The normalized spacial score (nSPS) is 17.6. The first-order valence-corrected chi connectivity index (χ1v) is 11.9. The first-order valence-electron chi connectivity index (χ1n) is 11.9. The monoisotopic (exact) mass is 447 g/mol. The Hall–Kier alpha value is -2.90. The van der Waals surface area contributed by atoms with Gasteiger partial charge in [-0.2, -0.15) is 0 Å². The molecule has 2 saturated heterocycles. The molecular formula is C26H33N5O2. The van der Waals surface area contributed by atoms with E-state index < -0.39 is 0 Å². The lowest BCUT2D eigenvalue weighted by Crippen LogP contribution is -2.48. The van der Waals surface area contributed by atoms with E-state index in [4.69, 9.17) is 19.4 Å². The number of nitrogens with zero attached hydrogens (tertiary/aromatic N) is 5. The molecule has 0 bridgehead atoms. The largest absolute Gasteiger partial charge is 0.493 e. The number of hydrogen-bond acceptors (Lipinski definition) is 7. The van der Waals surface area contributed by atoms with Gasteiger partial charge in [0.05, 0.1) is 19.7 Å². The predicted octanol–water partition coefficient (Wildman–Crippen LogP) is 3.53. The molecule has 2 fully saturated rings. The lowest BCUT2D eigenvalue weighted by Gasteiger charge is -2.36. The van der Waals surface area contributed by atoms with E-state index in [1.807, 2.05) is 30.3 Å². The van der Waals surface area contributed by atoms with Gasteiger partial charge in [-0.3, -0.25) is 4.90 Å². The van der Waals surface area contributed by atoms with Crippen molar-refractivity contribution in [3.05, 3.63) is 42.5 Å². The molecule has 33 heavy (non-hydrogen) atoms. The molecule has 0 saturated carbocycles. The minimum atomic E-state index is 0.681. The second-order valence-electron chi connectivity index (χ2n) is 8.84. The number of anilines is 1. The molecule has 2 aliphatic heterocycles. The Bertz CT molecular complexity index is 1080. The van der Waals surface area contributed by atoms with Gasteiger partial charge in [0.1, 0.15) is 5.82 Å². The summed E-state index contributed by atoms with van der Waals surface area (Å²) in [6.07, 6.45) is 2.71. The molecule has 3 heterocycles. The third kappa shape index (κ3) is 4.75. The molecule has 0 N–H and O–H groups in total. The molecule has 0 amide bonds. The van der Waals surface area contributed by atoms with Gasteiger partial charge in [-0.25, -0.2) is 9.97 Å². The van der Waals surface area contributed by atoms with Gasteiger partial charge in [0, 0.05) is 56.3 Å². The molecule has 0 atom stereocenters. The number of benzene rings is 2. The summed E-state index contributed by atoms with van der Waals surface area (Å²) in [6.45, 7) is 8.87. The van der Waals surface area contributed by atoms with Gasteiger partial charge in [0.15, 0.2) is 17.3 Å². The van der Waals surface area contributed by atoms with Crippen LogP contribution in [0.4, 0.5) is 5.82 Å². The van der Waals surface area contributed by atoms with Crippen molar-refractivity contribution >= 4 is 16.7 Å². The number of rotatable bonds is 7. The second kappa shape index (κ2) is 9.93. The third-order valence-electron chi connectivity index (χ3n) is 6.82. The molecular weight excluding hydrogens is 414 g/mol. The van der Waals surface area contributed by atoms with Gasteiger partial charge in [0.2, 0.25) is 0 Å². The highest BCUT2D eigenvalue weighted by molar-refractivity contribution is 5.93. The smallest absolute Gasteiger partial charge is 0.162 e. The van der Waals surface area contributed by atoms with Crippen molar-refractivity contribution in [3.8, 4) is 22.9 Å². The van der Waals surface area contributed by atoms with Gasteiger partial charge in [-0.1, -0.05) is 30.3 Å². The summed E-state index contributed by atoms with van der Waals surface area (Å²) in [5, 5.41) is 0.998. The van der Waals surface area contributed by atoms with Crippen molar-refractivity contribution in [2.24, 2.45) is 0 Å². The van der Waals surface area contributed by atoms with Crippen LogP contribution in [-0.4, -0.2) is 86.3 Å². The Kier molecular flexibility index (Phi) is 6.60. The Labute approximate surface area is 195 Å². The number of fused-ring (bicyclic) bond motifs is 1. The van der Waals surface area contributed by atoms with Crippen LogP contribution in [0.2, 0.25) is 0 Å². The highest BCUT2D eigenvalue weighted by Gasteiger charge is 2.23. The first kappa shape index (κ1) is 21.9. The van der Waals surface area contributed by atoms with E-state index in [0.29, 0.717) is 11.5 Å². The number of piperazine rings is 1. The van der Waals surface area contributed by atoms with Crippen LogP contribution >= 0.6 is 0 Å². The third-order valence-corrected chi connectivity index (χ3v) is 6.82. The summed E-state index contributed by atoms with van der Waals surface area (Å²) >= 11 is 0. The van der Waals surface area contributed by atoms with Gasteiger partial charge < -0.3 is 19.3 Å². The highest BCUT2D eigenvalue weighted by Crippen LogP contribution is 2.36. The standard InChI is InChI=1S/C26H33N5O2/c1-32-23-18-21-22(19-24(23)33-2)27-25(20-8-4-3-5-9-20)28-26(21)31-16-14-30(15-17-31)13-12-29-10-6-7-11-29/h3-5,8-9,18-19H,6-7,10-17H2,1-2H3. The Morgan fingerprint density at radius 2 is 1.39 bits per heavy atom. The lowest BCUT2D eigenvalue weighted by molar-refractivity contribution is 0.215. The summed E-state index contributed by atoms with van der Waals surface area (Å²) in [7, 11) is 3.33. The maximum Gasteiger partial charge on any atom is 0.162 e. The molecule has 7 nitrogen and oxygen atoms in total. The number of likely N-dealkylation sites (tertiary alicyclic amines) is 1. The van der Waals surface area contributed by atoms with Crippen LogP contribution in [0.1, 0.15) is 12.8 Å². The number of aromatic nitrogens is 2. The zero-order valence-electron chi connectivity index (χ0n) is 19.7. The van der Waals surface area contributed by atoms with E-state index in [-0.39, 0.29) is 0 Å². The van der Waals surface area contributed by atoms with Gasteiger partial charge in [-0.15, -0.1) is 0 Å². The van der Waals surface area contributed by atoms with Crippen LogP contribution < -0.4 is 14.4 Å². The molecule has 0 spiro atoms. The lowest BCUT2D eigenvalue weighted by atomic mass is 10.1. The van der Waals surface area contributed by atoms with E-state index in [1.165, 1.54) is 32.5 Å². The average Bonchev–Trinajstić information content (AvgIpc) is 3.40. The fourth-order valence-corrected chi connectivity index (χ4v) is 4.87. The molecule has 174 valence electrons. The Morgan fingerprint density at radius 3 is 2.06 bits per heavy atom. The average molecular weight is 448 g/mol. The van der Waals surface area contributed by atoms with E-state index in [1.54, 1.807) is 14.2 Å². The molecule has 0 radical (unpaired) electrons. The molecule has 7 heteroatoms. The Balaban J connectivity index is 1.43. The van der Waals surface area contributed by atoms with Gasteiger partial charge in [0.25, 0.3) is 0 Å². The summed E-state index contributed by atoms with van der Waals surface area (Å²) in [5.74, 6) is 3.09. The second-order valence-corrected chi connectivity index (χ2v) is 8.84. The van der Waals surface area contributed by atoms with E-state index in [9.17, 15) is 0 Å². The minimum absolute atomic E-state index is 0.681. The summed E-state index contributed by atoms with van der Waals surface area (Å²) < 4.78 is 11.1. The van der Waals surface area contributed by atoms with Crippen molar-refractivity contribution in [1.82, 2.24) is 19.8 Å². The highest BCUT2D eigenvalue weighted by atomic mass is 16.5. The minimum Gasteiger partial charge on any atom is -0.493 e. The number of ether oxygens (including phenoxy) is 2. The molecule has 3 aromatic rings. The Morgan fingerprint density at radius 1 is 0.758 bits per heavy atom. The SMILES string of the molecule is COc1cc2nc(-c3ccccc3)nc(N3CCN(CCN4CCCC4)CC3)c2cc1OC. The fourth-order valence-electron chi connectivity index (χ4n) is 4.87. The van der Waals surface area contributed by atoms with Crippen LogP contribution in [-0.2, 0) is 0 Å². The molecule has 0 unspecified atom stereocenters. The number of hydrogen-bond donors (Lipinski definition) is 0. The maximum absolute atomic E-state index is 5.59. The van der Waals surface area contributed by atoms with E-state index >= 15 is 0 Å². The quantitative estimate of drug-likeness (QED) is 0.549. The van der Waals surface area contributed by atoms with Crippen LogP contribution in [0.25, 0.3) is 22.3 Å². The van der Waals surface area contributed by atoms with E-state index in [2.05, 4.69) is 26.8 Å².